The molecule has 2 N–H and O–H groups in total. The fraction of sp³-hybridized carbons (Fsp3) is 0.316. The van der Waals surface area contributed by atoms with E-state index in [4.69, 9.17) is 15.5 Å². The van der Waals surface area contributed by atoms with Crippen molar-refractivity contribution >= 4 is 22.2 Å². The number of hydrogen-bond acceptors (Lipinski definition) is 7. The summed E-state index contributed by atoms with van der Waals surface area (Å²) in [4.78, 5) is 16.8. The molecule has 3 heterocycles. The van der Waals surface area contributed by atoms with Gasteiger partial charge in [-0.15, -0.1) is 0 Å². The monoisotopic (exact) mass is 367 g/mol. The fourth-order valence-electron chi connectivity index (χ4n) is 3.09. The Morgan fingerprint density at radius 1 is 1.12 bits per heavy atom. The molecule has 0 spiro atoms. The predicted octanol–water partition coefficient (Wildman–Crippen LogP) is 2.92. The average Bonchev–Trinajstić information content (AvgIpc) is 3.01. The molecule has 134 valence electrons. The van der Waals surface area contributed by atoms with Crippen molar-refractivity contribution in [3.8, 4) is 10.6 Å². The van der Waals surface area contributed by atoms with Gasteiger partial charge in [-0.3, -0.25) is 0 Å². The summed E-state index contributed by atoms with van der Waals surface area (Å²) in [5.74, 6) is 0.799. The van der Waals surface area contributed by atoms with Gasteiger partial charge in [-0.2, -0.15) is 0 Å². The Balaban J connectivity index is 1.50. The quantitative estimate of drug-likeness (QED) is 0.764. The van der Waals surface area contributed by atoms with Gasteiger partial charge < -0.3 is 15.4 Å². The maximum absolute atomic E-state index is 5.81. The molecule has 26 heavy (non-hydrogen) atoms. The van der Waals surface area contributed by atoms with Crippen molar-refractivity contribution in [2.24, 2.45) is 0 Å². The van der Waals surface area contributed by atoms with E-state index in [1.54, 1.807) is 6.20 Å². The maximum Gasteiger partial charge on any atom is 0.180 e. The number of benzene rings is 1. The number of anilines is 2. The molecular weight excluding hydrogens is 346 g/mol. The second kappa shape index (κ2) is 7.39. The van der Waals surface area contributed by atoms with Crippen molar-refractivity contribution < 1.29 is 4.74 Å². The van der Waals surface area contributed by atoms with Crippen LogP contribution in [0.3, 0.4) is 0 Å². The minimum absolute atomic E-state index is 0.566. The van der Waals surface area contributed by atoms with Gasteiger partial charge in [-0.05, 0) is 30.7 Å². The Kier molecular flexibility index (Phi) is 4.81. The first-order chi connectivity index (χ1) is 12.7. The number of aromatic nitrogens is 3. The summed E-state index contributed by atoms with van der Waals surface area (Å²) in [6.07, 6.45) is 2.50. The van der Waals surface area contributed by atoms with E-state index in [1.807, 2.05) is 13.0 Å². The van der Waals surface area contributed by atoms with Crippen LogP contribution in [0.25, 0.3) is 10.6 Å². The van der Waals surface area contributed by atoms with Crippen LogP contribution in [0.2, 0.25) is 0 Å². The van der Waals surface area contributed by atoms with Crippen LogP contribution in [-0.2, 0) is 11.2 Å². The number of hydrogen-bond donors (Lipinski definition) is 1. The van der Waals surface area contributed by atoms with Crippen molar-refractivity contribution in [3.63, 3.8) is 0 Å². The molecule has 0 radical (unpaired) electrons. The van der Waals surface area contributed by atoms with Gasteiger partial charge in [0.2, 0.25) is 0 Å². The average molecular weight is 367 g/mol. The van der Waals surface area contributed by atoms with Gasteiger partial charge in [0.25, 0.3) is 0 Å². The summed E-state index contributed by atoms with van der Waals surface area (Å²) in [5, 5.41) is 0.566. The number of rotatable bonds is 4. The van der Waals surface area contributed by atoms with E-state index in [9.17, 15) is 0 Å². The highest BCUT2D eigenvalue weighted by molar-refractivity contribution is 7.18. The Morgan fingerprint density at radius 2 is 1.88 bits per heavy atom. The van der Waals surface area contributed by atoms with Crippen molar-refractivity contribution in [2.45, 2.75) is 13.3 Å². The number of nitrogens with two attached hydrogens (primary N) is 1. The van der Waals surface area contributed by atoms with Gasteiger partial charge in [0.15, 0.2) is 5.13 Å². The number of thiazole rings is 1. The van der Waals surface area contributed by atoms with Gasteiger partial charge in [0.1, 0.15) is 5.82 Å². The molecule has 0 saturated carbocycles. The van der Waals surface area contributed by atoms with Crippen molar-refractivity contribution in [1.29, 1.82) is 0 Å². The highest BCUT2D eigenvalue weighted by Gasteiger charge is 2.12. The standard InChI is InChI=1S/C19H21N5OS/c1-13-18(26-19(20)22-13)16-6-7-21-17(23-16)12-14-2-4-15(5-3-14)24-8-10-25-11-9-24/h2-7H,8-12H2,1H3,(H2,20,22). The van der Waals surface area contributed by atoms with Crippen LogP contribution in [0, 0.1) is 6.92 Å². The van der Waals surface area contributed by atoms with Crippen LogP contribution in [0.4, 0.5) is 10.8 Å². The zero-order valence-electron chi connectivity index (χ0n) is 14.7. The Morgan fingerprint density at radius 3 is 2.58 bits per heavy atom. The number of morpholine rings is 1. The third kappa shape index (κ3) is 3.68. The second-order valence-electron chi connectivity index (χ2n) is 6.27. The molecule has 1 fully saturated rings. The summed E-state index contributed by atoms with van der Waals surface area (Å²) < 4.78 is 5.41. The van der Waals surface area contributed by atoms with Gasteiger partial charge >= 0.3 is 0 Å². The Bertz CT molecular complexity index is 887. The molecule has 0 amide bonds. The zero-order chi connectivity index (χ0) is 17.9. The second-order valence-corrected chi connectivity index (χ2v) is 7.30. The van der Waals surface area contributed by atoms with Gasteiger partial charge in [0, 0.05) is 31.4 Å². The van der Waals surface area contributed by atoms with Crippen LogP contribution >= 0.6 is 11.3 Å². The molecule has 1 saturated heterocycles. The molecule has 1 aliphatic rings. The molecule has 0 atom stereocenters. The third-order valence-corrected chi connectivity index (χ3v) is 5.44. The normalized spacial score (nSPS) is 14.6. The molecule has 6 nitrogen and oxygen atoms in total. The van der Waals surface area contributed by atoms with Crippen LogP contribution in [0.15, 0.2) is 36.5 Å². The van der Waals surface area contributed by atoms with E-state index in [2.05, 4.69) is 39.1 Å². The molecule has 1 aromatic carbocycles. The summed E-state index contributed by atoms with van der Waals surface area (Å²) in [6, 6.07) is 10.5. The van der Waals surface area contributed by atoms with E-state index in [-0.39, 0.29) is 0 Å². The zero-order valence-corrected chi connectivity index (χ0v) is 15.5. The van der Waals surface area contributed by atoms with Crippen LogP contribution in [0.1, 0.15) is 17.1 Å². The van der Waals surface area contributed by atoms with Crippen molar-refractivity contribution in [2.75, 3.05) is 36.9 Å². The van der Waals surface area contributed by atoms with Crippen molar-refractivity contribution in [1.82, 2.24) is 15.0 Å². The van der Waals surface area contributed by atoms with Crippen LogP contribution in [0.5, 0.6) is 0 Å². The molecule has 3 aromatic rings. The molecule has 1 aliphatic heterocycles. The van der Waals surface area contributed by atoms with Gasteiger partial charge in [-0.25, -0.2) is 15.0 Å². The first-order valence-corrected chi connectivity index (χ1v) is 9.47. The van der Waals surface area contributed by atoms with E-state index >= 15 is 0 Å². The minimum Gasteiger partial charge on any atom is -0.378 e. The number of ether oxygens (including phenoxy) is 1. The molecule has 2 aromatic heterocycles. The number of nitrogens with zero attached hydrogens (tertiary/aromatic N) is 4. The molecular formula is C19H21N5OS. The highest BCUT2D eigenvalue weighted by atomic mass is 32.1. The minimum atomic E-state index is 0.566. The maximum atomic E-state index is 5.81. The van der Waals surface area contributed by atoms with Gasteiger partial charge in [0.05, 0.1) is 29.5 Å². The lowest BCUT2D eigenvalue weighted by atomic mass is 10.1. The van der Waals surface area contributed by atoms with E-state index in [0.717, 1.165) is 48.4 Å². The smallest absolute Gasteiger partial charge is 0.180 e. The topological polar surface area (TPSA) is 77.2 Å². The van der Waals surface area contributed by atoms with E-state index in [1.165, 1.54) is 22.6 Å². The van der Waals surface area contributed by atoms with Crippen LogP contribution in [-0.4, -0.2) is 41.3 Å². The number of nitrogen functional groups attached to an aromatic ring is 1. The summed E-state index contributed by atoms with van der Waals surface area (Å²) in [6.45, 7) is 5.44. The lowest BCUT2D eigenvalue weighted by molar-refractivity contribution is 0.122. The Labute approximate surface area is 156 Å². The first kappa shape index (κ1) is 16.9. The first-order valence-electron chi connectivity index (χ1n) is 8.66. The fourth-order valence-corrected chi connectivity index (χ4v) is 3.90. The number of aryl methyl sites for hydroxylation is 1. The summed E-state index contributed by atoms with van der Waals surface area (Å²) in [5.41, 5.74) is 10.0. The van der Waals surface area contributed by atoms with Crippen LogP contribution < -0.4 is 10.6 Å². The predicted molar refractivity (Wildman–Crippen MR) is 105 cm³/mol. The van der Waals surface area contributed by atoms with Gasteiger partial charge in [-0.1, -0.05) is 23.5 Å². The van der Waals surface area contributed by atoms with E-state index < -0.39 is 0 Å². The third-order valence-electron chi connectivity index (χ3n) is 4.43. The van der Waals surface area contributed by atoms with E-state index in [0.29, 0.717) is 11.6 Å². The SMILES string of the molecule is Cc1nc(N)sc1-c1ccnc(Cc2ccc(N3CCOCC3)cc2)n1. The van der Waals surface area contributed by atoms with Crippen molar-refractivity contribution in [3.05, 3.63) is 53.6 Å². The molecule has 0 aliphatic carbocycles. The highest BCUT2D eigenvalue weighted by Crippen LogP contribution is 2.29. The largest absolute Gasteiger partial charge is 0.378 e. The molecule has 0 bridgehead atoms. The summed E-state index contributed by atoms with van der Waals surface area (Å²) >= 11 is 1.46. The summed E-state index contributed by atoms with van der Waals surface area (Å²) in [7, 11) is 0. The molecule has 0 unspecified atom stereocenters. The lowest BCUT2D eigenvalue weighted by Crippen LogP contribution is -2.36. The molecule has 7 heteroatoms. The molecule has 4 rings (SSSR count). The lowest BCUT2D eigenvalue weighted by Gasteiger charge is -2.28. The Hall–Kier alpha value is -2.51.